The Hall–Kier alpha value is -3.68. The van der Waals surface area contributed by atoms with Crippen molar-refractivity contribution in [3.63, 3.8) is 0 Å². The average Bonchev–Trinajstić information content (AvgIpc) is 2.82. The van der Waals surface area contributed by atoms with Gasteiger partial charge in [0, 0.05) is 5.69 Å². The maximum absolute atomic E-state index is 10.9. The number of hydrogen-bond acceptors (Lipinski definition) is 5. The van der Waals surface area contributed by atoms with Gasteiger partial charge in [-0.1, -0.05) is 18.2 Å². The molecule has 0 fully saturated rings. The molecule has 3 rings (SSSR count). The number of nitrogen functional groups attached to an aromatic ring is 1. The van der Waals surface area contributed by atoms with Crippen molar-refractivity contribution in [1.29, 1.82) is 0 Å². The van der Waals surface area contributed by atoms with Crippen LogP contribution >= 0.6 is 0 Å². The van der Waals surface area contributed by atoms with Gasteiger partial charge >= 0.3 is 11.9 Å². The van der Waals surface area contributed by atoms with Gasteiger partial charge in [-0.05, 0) is 24.3 Å². The molecule has 2 aromatic rings. The Morgan fingerprint density at radius 3 is 1.79 bits per heavy atom. The number of aromatic carboxylic acids is 2. The number of hydrogen-bond donors (Lipinski definition) is 4. The normalized spacial score (nSPS) is 11.8. The third-order valence-electron chi connectivity index (χ3n) is 3.18. The number of nitrogens with one attached hydrogen (secondary N) is 1. The topological polar surface area (TPSA) is 147 Å². The van der Waals surface area contributed by atoms with E-state index in [-0.39, 0.29) is 28.6 Å². The van der Waals surface area contributed by atoms with Gasteiger partial charge in [-0.25, -0.2) is 9.59 Å². The van der Waals surface area contributed by atoms with E-state index < -0.39 is 11.9 Å². The first-order valence-electron chi connectivity index (χ1n) is 6.62. The summed E-state index contributed by atoms with van der Waals surface area (Å²) in [4.78, 5) is 43.1. The van der Waals surface area contributed by atoms with Gasteiger partial charge in [-0.15, -0.1) is 0 Å². The van der Waals surface area contributed by atoms with Gasteiger partial charge < -0.3 is 15.9 Å². The van der Waals surface area contributed by atoms with Crippen molar-refractivity contribution in [2.45, 2.75) is 0 Å². The van der Waals surface area contributed by atoms with Crippen LogP contribution in [0.5, 0.6) is 0 Å². The minimum absolute atomic E-state index is 0.0487. The first kappa shape index (κ1) is 16.7. The van der Waals surface area contributed by atoms with Crippen LogP contribution in [0.1, 0.15) is 41.4 Å². The van der Waals surface area contributed by atoms with Crippen LogP contribution in [0.15, 0.2) is 42.5 Å². The van der Waals surface area contributed by atoms with Crippen LogP contribution in [0.2, 0.25) is 0 Å². The molecule has 122 valence electrons. The zero-order valence-electron chi connectivity index (χ0n) is 12.1. The van der Waals surface area contributed by atoms with Crippen LogP contribution in [0.4, 0.5) is 5.69 Å². The first-order chi connectivity index (χ1) is 11.3. The number of carbonyl (C=O) groups is 4. The van der Waals surface area contributed by atoms with Gasteiger partial charge in [0.1, 0.15) is 0 Å². The van der Waals surface area contributed by atoms with E-state index in [0.29, 0.717) is 11.1 Å². The molecule has 0 aromatic heterocycles. The van der Waals surface area contributed by atoms with Crippen molar-refractivity contribution in [1.82, 2.24) is 5.32 Å². The molecule has 0 radical (unpaired) electrons. The van der Waals surface area contributed by atoms with Crippen LogP contribution in [0.25, 0.3) is 0 Å². The summed E-state index contributed by atoms with van der Waals surface area (Å²) in [5.74, 6) is -3.24. The van der Waals surface area contributed by atoms with Gasteiger partial charge in [0.2, 0.25) is 0 Å². The highest BCUT2D eigenvalue weighted by Crippen LogP contribution is 2.16. The summed E-state index contributed by atoms with van der Waals surface area (Å²) in [6.45, 7) is 0. The second-order valence-electron chi connectivity index (χ2n) is 4.71. The molecule has 1 heterocycles. The second kappa shape index (κ2) is 6.61. The summed E-state index contributed by atoms with van der Waals surface area (Å²) in [6, 6.07) is 10.7. The molecule has 0 unspecified atom stereocenters. The van der Waals surface area contributed by atoms with E-state index in [4.69, 9.17) is 15.9 Å². The first-order valence-corrected chi connectivity index (χ1v) is 6.62. The number of rotatable bonds is 2. The fraction of sp³-hybridized carbons (Fsp3) is 0. The Kier molecular flexibility index (Phi) is 4.60. The summed E-state index contributed by atoms with van der Waals surface area (Å²) in [7, 11) is 0. The highest BCUT2D eigenvalue weighted by atomic mass is 16.4. The van der Waals surface area contributed by atoms with Crippen LogP contribution in [0, 0.1) is 0 Å². The number of fused-ring (bicyclic) bond motifs is 1. The fourth-order valence-corrected chi connectivity index (χ4v) is 2.10. The molecule has 0 bridgehead atoms. The Morgan fingerprint density at radius 2 is 1.38 bits per heavy atom. The molecule has 0 atom stereocenters. The van der Waals surface area contributed by atoms with Crippen molar-refractivity contribution < 1.29 is 29.4 Å². The van der Waals surface area contributed by atoms with E-state index in [1.165, 1.54) is 18.2 Å². The summed E-state index contributed by atoms with van der Waals surface area (Å²) in [5, 5.41) is 19.5. The van der Waals surface area contributed by atoms with Gasteiger partial charge in [-0.2, -0.15) is 0 Å². The van der Waals surface area contributed by atoms with Crippen molar-refractivity contribution in [3.05, 3.63) is 64.7 Å². The Labute approximate surface area is 135 Å². The average molecular weight is 328 g/mol. The third-order valence-corrected chi connectivity index (χ3v) is 3.18. The molecule has 0 spiro atoms. The number of amides is 2. The zero-order chi connectivity index (χ0) is 17.9. The van der Waals surface area contributed by atoms with E-state index in [1.54, 1.807) is 24.3 Å². The predicted octanol–water partition coefficient (Wildman–Crippen LogP) is 1.24. The fourth-order valence-electron chi connectivity index (χ4n) is 2.10. The van der Waals surface area contributed by atoms with Crippen LogP contribution in [-0.4, -0.2) is 34.0 Å². The number of anilines is 1. The third kappa shape index (κ3) is 3.22. The Bertz CT molecular complexity index is 826. The quantitative estimate of drug-likeness (QED) is 0.479. The maximum atomic E-state index is 10.9. The molecular weight excluding hydrogens is 316 g/mol. The molecule has 2 aromatic carbocycles. The number of imide groups is 1. The minimum Gasteiger partial charge on any atom is -0.478 e. The van der Waals surface area contributed by atoms with E-state index >= 15 is 0 Å². The summed E-state index contributed by atoms with van der Waals surface area (Å²) in [6.07, 6.45) is 0. The van der Waals surface area contributed by atoms with E-state index in [2.05, 4.69) is 5.32 Å². The van der Waals surface area contributed by atoms with Crippen molar-refractivity contribution in [2.75, 3.05) is 5.73 Å². The highest BCUT2D eigenvalue weighted by Gasteiger charge is 2.25. The maximum Gasteiger partial charge on any atom is 0.338 e. The molecule has 0 saturated heterocycles. The molecule has 1 aliphatic rings. The molecule has 8 heteroatoms. The molecule has 5 N–H and O–H groups in total. The summed E-state index contributed by atoms with van der Waals surface area (Å²) < 4.78 is 0. The smallest absolute Gasteiger partial charge is 0.338 e. The Morgan fingerprint density at radius 1 is 0.833 bits per heavy atom. The molecule has 2 amide bonds. The molecule has 24 heavy (non-hydrogen) atoms. The SMILES string of the molecule is Nc1cccc(C(=O)O)c1C(=O)O.O=C1NC(=O)c2ccccc21. The largest absolute Gasteiger partial charge is 0.478 e. The molecule has 8 nitrogen and oxygen atoms in total. The minimum atomic E-state index is -1.34. The predicted molar refractivity (Wildman–Crippen MR) is 83.0 cm³/mol. The lowest BCUT2D eigenvalue weighted by molar-refractivity contribution is 0.0652. The summed E-state index contributed by atoms with van der Waals surface area (Å²) in [5.41, 5.74) is 5.54. The lowest BCUT2D eigenvalue weighted by Crippen LogP contribution is -2.19. The molecule has 1 aliphatic heterocycles. The number of nitrogens with two attached hydrogens (primary N) is 1. The Balaban J connectivity index is 0.000000175. The molecule has 0 saturated carbocycles. The van der Waals surface area contributed by atoms with E-state index in [1.807, 2.05) is 0 Å². The van der Waals surface area contributed by atoms with E-state index in [0.717, 1.165) is 0 Å². The number of benzene rings is 2. The monoisotopic (exact) mass is 328 g/mol. The van der Waals surface area contributed by atoms with Gasteiger partial charge in [0.05, 0.1) is 22.3 Å². The van der Waals surface area contributed by atoms with Crippen LogP contribution in [-0.2, 0) is 0 Å². The lowest BCUT2D eigenvalue weighted by Gasteiger charge is -2.03. The van der Waals surface area contributed by atoms with Gasteiger partial charge in [0.15, 0.2) is 0 Å². The van der Waals surface area contributed by atoms with Crippen molar-refractivity contribution in [3.8, 4) is 0 Å². The standard InChI is InChI=1S/C8H7NO4.C8H5NO2/c9-5-3-1-2-4(7(10)11)6(5)8(12)13;10-7-5-3-1-2-4-6(5)8(11)9-7/h1-3H,9H2,(H,10,11)(H,12,13);1-4H,(H,9,10,11). The molecular formula is C16H12N2O6. The lowest BCUT2D eigenvalue weighted by atomic mass is 10.1. The zero-order valence-corrected chi connectivity index (χ0v) is 12.1. The van der Waals surface area contributed by atoms with E-state index in [9.17, 15) is 19.2 Å². The van der Waals surface area contributed by atoms with Crippen LogP contribution < -0.4 is 11.1 Å². The van der Waals surface area contributed by atoms with Gasteiger partial charge in [-0.3, -0.25) is 14.9 Å². The van der Waals surface area contributed by atoms with Crippen molar-refractivity contribution in [2.24, 2.45) is 0 Å². The van der Waals surface area contributed by atoms with Gasteiger partial charge in [0.25, 0.3) is 11.8 Å². The molecule has 0 aliphatic carbocycles. The number of carboxylic acid groups (broad SMARTS) is 2. The second-order valence-corrected chi connectivity index (χ2v) is 4.71. The van der Waals surface area contributed by atoms with Crippen molar-refractivity contribution >= 4 is 29.4 Å². The highest BCUT2D eigenvalue weighted by molar-refractivity contribution is 6.21. The summed E-state index contributed by atoms with van der Waals surface area (Å²) >= 11 is 0. The number of carboxylic acids is 2. The number of carbonyl (C=O) groups excluding carboxylic acids is 2. The van der Waals surface area contributed by atoms with Crippen LogP contribution in [0.3, 0.4) is 0 Å².